The van der Waals surface area contributed by atoms with Crippen molar-refractivity contribution in [2.24, 2.45) is 0 Å². The molecule has 5 N–H and O–H groups in total. The largest absolute Gasteiger partial charge is 0 e. The Bertz CT molecular complexity index is 16.4. The first-order chi connectivity index (χ1) is 1.73. The standard InChI is InChI=1S/BH3O3.Ca.La.H2O.2H/c2-1(3)4;;;;;/h2-4H;;;1H2;;. The average molecular weight is 261 g/mol. The predicted molar refractivity (Wildman–Crippen MR) is 24.6 cm³/mol. The van der Waals surface area contributed by atoms with E-state index in [0.717, 1.165) is 0 Å². The van der Waals surface area contributed by atoms with Gasteiger partial charge in [-0.2, -0.15) is 0 Å². The van der Waals surface area contributed by atoms with Crippen molar-refractivity contribution in [2.75, 3.05) is 0 Å². The fourth-order valence-electron chi connectivity index (χ4n) is 0. The first-order valence-corrected chi connectivity index (χ1v) is 0.775. The van der Waals surface area contributed by atoms with Crippen LogP contribution in [0.5, 0.6) is 0 Å². The monoisotopic (exact) mass is 261 g/mol. The molecule has 0 spiro atoms. The molecule has 0 rings (SSSR count). The van der Waals surface area contributed by atoms with Gasteiger partial charge < -0.3 is 20.5 Å². The molecule has 7 heavy (non-hydrogen) atoms. The Morgan fingerprint density at radius 1 is 1.00 bits per heavy atom. The normalized spacial score (nSPS) is 3.86. The molecule has 0 unspecified atom stereocenters. The first kappa shape index (κ1) is 22.8. The van der Waals surface area contributed by atoms with Gasteiger partial charge in [0.05, 0.1) is 0 Å². The SMILES string of the molecule is O.OB(O)O.[CaH2].[La]. The summed E-state index contributed by atoms with van der Waals surface area (Å²) in [6.45, 7) is 0. The molecule has 0 saturated carbocycles. The number of rotatable bonds is 0. The Hall–Kier alpha value is 2.36. The van der Waals surface area contributed by atoms with Crippen LogP contribution in [0.15, 0.2) is 0 Å². The second-order valence-electron chi connectivity index (χ2n) is 0.346. The summed E-state index contributed by atoms with van der Waals surface area (Å²) >= 11 is 0. The maximum absolute atomic E-state index is 7.17. The van der Waals surface area contributed by atoms with Crippen LogP contribution in [0.2, 0.25) is 0 Å². The molecule has 0 heterocycles. The molecule has 0 bridgehead atoms. The molecular formula is H7BCaLaO4. The van der Waals surface area contributed by atoms with E-state index in [-0.39, 0.29) is 78.8 Å². The van der Waals surface area contributed by atoms with Crippen LogP contribution >= 0.6 is 0 Å². The Kier molecular flexibility index (Phi) is 51.3. The quantitative estimate of drug-likeness (QED) is 0.390. The van der Waals surface area contributed by atoms with Gasteiger partial charge in [-0.05, 0) is 0 Å². The fraction of sp³-hybridized carbons (Fsp3) is 0. The van der Waals surface area contributed by atoms with E-state index in [1.54, 1.807) is 0 Å². The summed E-state index contributed by atoms with van der Waals surface area (Å²) in [6.07, 6.45) is 0. The number of hydrogen-bond donors (Lipinski definition) is 3. The van der Waals surface area contributed by atoms with Crippen LogP contribution in [0.1, 0.15) is 0 Å². The van der Waals surface area contributed by atoms with Gasteiger partial charge in [-0.3, -0.25) is 0 Å². The fourth-order valence-corrected chi connectivity index (χ4v) is 0. The minimum absolute atomic E-state index is 0. The number of hydrogen-bond acceptors (Lipinski definition) is 3. The van der Waals surface area contributed by atoms with Crippen LogP contribution < -0.4 is 0 Å². The van der Waals surface area contributed by atoms with Crippen molar-refractivity contribution < 1.29 is 56.1 Å². The van der Waals surface area contributed by atoms with Crippen LogP contribution in [-0.2, 0) is 0 Å². The molecule has 39 valence electrons. The molecule has 0 aromatic rings. The van der Waals surface area contributed by atoms with Crippen LogP contribution in [0, 0.1) is 35.6 Å². The van der Waals surface area contributed by atoms with Crippen molar-refractivity contribution in [3.05, 3.63) is 0 Å². The van der Waals surface area contributed by atoms with Crippen LogP contribution in [0.4, 0.5) is 0 Å². The van der Waals surface area contributed by atoms with E-state index < -0.39 is 7.32 Å². The molecule has 0 aromatic carbocycles. The van der Waals surface area contributed by atoms with Crippen molar-refractivity contribution >= 4 is 45.1 Å². The van der Waals surface area contributed by atoms with E-state index in [4.69, 9.17) is 15.1 Å². The smallest absolute Gasteiger partial charge is 0 e. The third-order valence-electron chi connectivity index (χ3n) is 0. The molecule has 0 saturated heterocycles. The van der Waals surface area contributed by atoms with Gasteiger partial charge in [-0.25, -0.2) is 0 Å². The topological polar surface area (TPSA) is 92.2 Å². The van der Waals surface area contributed by atoms with E-state index in [0.29, 0.717) is 0 Å². The predicted octanol–water partition coefficient (Wildman–Crippen LogP) is -3.79. The van der Waals surface area contributed by atoms with Crippen molar-refractivity contribution in [1.29, 1.82) is 0 Å². The molecule has 7 heteroatoms. The van der Waals surface area contributed by atoms with Gasteiger partial charge in [0.1, 0.15) is 0 Å². The summed E-state index contributed by atoms with van der Waals surface area (Å²) < 4.78 is 0. The Morgan fingerprint density at radius 2 is 1.00 bits per heavy atom. The first-order valence-electron chi connectivity index (χ1n) is 0.775. The van der Waals surface area contributed by atoms with Gasteiger partial charge in [-0.15, -0.1) is 0 Å². The molecular weight excluding hydrogens is 254 g/mol. The zero-order chi connectivity index (χ0) is 3.58. The molecule has 0 aliphatic carbocycles. The van der Waals surface area contributed by atoms with Crippen LogP contribution in [-0.4, -0.2) is 65.6 Å². The van der Waals surface area contributed by atoms with Crippen molar-refractivity contribution in [3.63, 3.8) is 0 Å². The van der Waals surface area contributed by atoms with Gasteiger partial charge in [0.25, 0.3) is 0 Å². The second kappa shape index (κ2) is 15.8. The molecule has 0 fully saturated rings. The molecule has 4 nitrogen and oxygen atoms in total. The minimum Gasteiger partial charge on any atom is 0 e. The van der Waals surface area contributed by atoms with Gasteiger partial charge in [0.15, 0.2) is 0 Å². The Labute approximate surface area is 99.4 Å². The molecule has 0 atom stereocenters. The van der Waals surface area contributed by atoms with Crippen molar-refractivity contribution in [2.45, 2.75) is 0 Å². The van der Waals surface area contributed by atoms with Gasteiger partial charge >= 0.3 is 45.1 Å². The zero-order valence-electron chi connectivity index (χ0n) is 3.00. The van der Waals surface area contributed by atoms with E-state index >= 15 is 0 Å². The van der Waals surface area contributed by atoms with E-state index in [2.05, 4.69) is 0 Å². The zero-order valence-corrected chi connectivity index (χ0v) is 6.62. The molecule has 0 aromatic heterocycles. The van der Waals surface area contributed by atoms with Crippen LogP contribution in [0.3, 0.4) is 0 Å². The Morgan fingerprint density at radius 3 is 1.00 bits per heavy atom. The summed E-state index contributed by atoms with van der Waals surface area (Å²) in [4.78, 5) is 0. The van der Waals surface area contributed by atoms with E-state index in [9.17, 15) is 0 Å². The molecule has 1 radical (unpaired) electrons. The molecule has 0 aliphatic heterocycles. The third kappa shape index (κ3) is 60.7. The Balaban J connectivity index is -0.0000000150. The summed E-state index contributed by atoms with van der Waals surface area (Å²) in [5.74, 6) is 0. The minimum atomic E-state index is -2.17. The summed E-state index contributed by atoms with van der Waals surface area (Å²) in [6, 6.07) is 0. The van der Waals surface area contributed by atoms with Crippen molar-refractivity contribution in [1.82, 2.24) is 0 Å². The van der Waals surface area contributed by atoms with Crippen molar-refractivity contribution in [3.8, 4) is 0 Å². The van der Waals surface area contributed by atoms with E-state index in [1.807, 2.05) is 0 Å². The summed E-state index contributed by atoms with van der Waals surface area (Å²) in [7, 11) is -2.17. The van der Waals surface area contributed by atoms with Gasteiger partial charge in [0, 0.05) is 35.6 Å². The molecule has 0 amide bonds. The average Bonchev–Trinajstić information content (AvgIpc) is 0.811. The third-order valence-corrected chi connectivity index (χ3v) is 0. The summed E-state index contributed by atoms with van der Waals surface area (Å²) in [5.41, 5.74) is 0. The second-order valence-corrected chi connectivity index (χ2v) is 0.346. The maximum atomic E-state index is 7.17. The maximum Gasteiger partial charge on any atom is 0 e. The van der Waals surface area contributed by atoms with Gasteiger partial charge in [0.2, 0.25) is 0 Å². The van der Waals surface area contributed by atoms with E-state index in [1.165, 1.54) is 0 Å². The summed E-state index contributed by atoms with van der Waals surface area (Å²) in [5, 5.41) is 21.5. The van der Waals surface area contributed by atoms with Gasteiger partial charge in [-0.1, -0.05) is 0 Å². The molecule has 0 aliphatic rings. The van der Waals surface area contributed by atoms with Crippen LogP contribution in [0.25, 0.3) is 0 Å².